The molecule has 1 saturated heterocycles. The van der Waals surface area contributed by atoms with E-state index in [4.69, 9.17) is 23.2 Å². The fourth-order valence-corrected chi connectivity index (χ4v) is 2.47. The average molecular weight is 304 g/mol. The van der Waals surface area contributed by atoms with Gasteiger partial charge in [0, 0.05) is 26.7 Å². The molecule has 0 spiro atoms. The number of amides is 2. The molecule has 2 heterocycles. The minimum absolute atomic E-state index is 0.00332. The largest absolute Gasteiger partial charge is 0.340 e. The van der Waals surface area contributed by atoms with E-state index < -0.39 is 0 Å². The third kappa shape index (κ3) is 2.44. The first kappa shape index (κ1) is 14.2. The second-order valence-corrected chi connectivity index (χ2v) is 5.53. The van der Waals surface area contributed by atoms with Gasteiger partial charge >= 0.3 is 0 Å². The summed E-state index contributed by atoms with van der Waals surface area (Å²) < 4.78 is 1.53. The molecule has 0 unspecified atom stereocenters. The molecule has 0 bridgehead atoms. The van der Waals surface area contributed by atoms with Crippen molar-refractivity contribution < 1.29 is 9.59 Å². The number of hydrogen-bond acceptors (Lipinski definition) is 2. The van der Waals surface area contributed by atoms with Gasteiger partial charge in [0.25, 0.3) is 5.91 Å². The Kier molecular flexibility index (Phi) is 3.78. The number of aromatic nitrogens is 1. The zero-order valence-corrected chi connectivity index (χ0v) is 12.5. The normalized spacial score (nSPS) is 20.1. The molecule has 7 heteroatoms. The zero-order valence-electron chi connectivity index (χ0n) is 11.0. The summed E-state index contributed by atoms with van der Waals surface area (Å²) in [6.45, 7) is 2.49. The molecule has 1 aromatic heterocycles. The summed E-state index contributed by atoms with van der Waals surface area (Å²) in [5, 5.41) is 0.652. The molecule has 0 aromatic carbocycles. The fraction of sp³-hybridized carbons (Fsp3) is 0.500. The number of likely N-dealkylation sites (N-methyl/N-ethyl adjacent to an activating group) is 1. The first-order valence-corrected chi connectivity index (χ1v) is 6.64. The van der Waals surface area contributed by atoms with Gasteiger partial charge in [-0.05, 0) is 13.0 Å². The van der Waals surface area contributed by atoms with Gasteiger partial charge in [0.1, 0.15) is 17.4 Å². The van der Waals surface area contributed by atoms with Crippen LogP contribution in [0.4, 0.5) is 0 Å². The molecule has 0 aliphatic carbocycles. The van der Waals surface area contributed by atoms with E-state index in [0.717, 1.165) is 0 Å². The third-order valence-corrected chi connectivity index (χ3v) is 4.33. The van der Waals surface area contributed by atoms with Crippen molar-refractivity contribution in [2.45, 2.75) is 13.0 Å². The number of nitrogens with zero attached hydrogens (tertiary/aromatic N) is 3. The van der Waals surface area contributed by atoms with Crippen LogP contribution in [-0.2, 0) is 11.8 Å². The highest BCUT2D eigenvalue weighted by atomic mass is 35.5. The summed E-state index contributed by atoms with van der Waals surface area (Å²) >= 11 is 11.8. The van der Waals surface area contributed by atoms with Crippen LogP contribution in [0.3, 0.4) is 0 Å². The minimum Gasteiger partial charge on any atom is -0.340 e. The van der Waals surface area contributed by atoms with E-state index >= 15 is 0 Å². The second kappa shape index (κ2) is 5.06. The first-order chi connectivity index (χ1) is 8.82. The van der Waals surface area contributed by atoms with Crippen LogP contribution in [0, 0.1) is 0 Å². The van der Waals surface area contributed by atoms with E-state index in [1.807, 2.05) is 6.92 Å². The van der Waals surface area contributed by atoms with Crippen LogP contribution >= 0.6 is 23.2 Å². The lowest BCUT2D eigenvalue weighted by molar-refractivity contribution is -0.136. The molecule has 1 fully saturated rings. The Morgan fingerprint density at radius 2 is 2.00 bits per heavy atom. The molecular weight excluding hydrogens is 289 g/mol. The maximum atomic E-state index is 12.4. The molecule has 0 N–H and O–H groups in total. The molecule has 2 amide bonds. The molecular formula is C12H15Cl2N3O2. The highest BCUT2D eigenvalue weighted by Crippen LogP contribution is 2.26. The van der Waals surface area contributed by atoms with Gasteiger partial charge in [-0.1, -0.05) is 23.2 Å². The molecule has 2 rings (SSSR count). The van der Waals surface area contributed by atoms with Gasteiger partial charge in [0.15, 0.2) is 0 Å². The van der Waals surface area contributed by atoms with Crippen molar-refractivity contribution >= 4 is 35.0 Å². The van der Waals surface area contributed by atoms with Gasteiger partial charge < -0.3 is 14.4 Å². The van der Waals surface area contributed by atoms with Gasteiger partial charge in [-0.2, -0.15) is 0 Å². The Morgan fingerprint density at radius 1 is 1.37 bits per heavy atom. The summed E-state index contributed by atoms with van der Waals surface area (Å²) in [5.41, 5.74) is 0.388. The summed E-state index contributed by atoms with van der Waals surface area (Å²) in [4.78, 5) is 27.4. The zero-order chi connectivity index (χ0) is 14.3. The van der Waals surface area contributed by atoms with Gasteiger partial charge in [0.05, 0.1) is 5.02 Å². The SMILES string of the molecule is C[C@@H]1CN(C(=O)c2cc(Cl)c(Cl)n2C)CC(=O)N1C. The standard InChI is InChI=1S/C12H15Cl2N3O2/c1-7-5-17(6-10(18)15(7)2)12(19)9-4-8(13)11(14)16(9)3/h4,7H,5-6H2,1-3H3/t7-/m1/s1. The van der Waals surface area contributed by atoms with Gasteiger partial charge in [-0.3, -0.25) is 9.59 Å². The Balaban J connectivity index is 2.25. The maximum Gasteiger partial charge on any atom is 0.271 e. The lowest BCUT2D eigenvalue weighted by Gasteiger charge is -2.37. The van der Waals surface area contributed by atoms with E-state index in [2.05, 4.69) is 0 Å². The predicted octanol–water partition coefficient (Wildman–Crippen LogP) is 1.63. The summed E-state index contributed by atoms with van der Waals surface area (Å²) in [6, 6.07) is 1.52. The summed E-state index contributed by atoms with van der Waals surface area (Å²) in [6.07, 6.45) is 0. The van der Waals surface area contributed by atoms with E-state index in [1.54, 1.807) is 19.0 Å². The highest BCUT2D eigenvalue weighted by Gasteiger charge is 2.31. The van der Waals surface area contributed by atoms with Crippen LogP contribution in [0.5, 0.6) is 0 Å². The molecule has 1 aliphatic rings. The van der Waals surface area contributed by atoms with E-state index in [9.17, 15) is 9.59 Å². The van der Waals surface area contributed by atoms with Crippen LogP contribution in [0.1, 0.15) is 17.4 Å². The van der Waals surface area contributed by atoms with Gasteiger partial charge in [-0.25, -0.2) is 0 Å². The Morgan fingerprint density at radius 3 is 2.47 bits per heavy atom. The number of halogens is 2. The first-order valence-electron chi connectivity index (χ1n) is 5.88. The van der Waals surface area contributed by atoms with E-state index in [1.165, 1.54) is 15.5 Å². The third-order valence-electron chi connectivity index (χ3n) is 3.49. The van der Waals surface area contributed by atoms with Crippen molar-refractivity contribution in [3.8, 4) is 0 Å². The molecule has 1 aromatic rings. The van der Waals surface area contributed by atoms with E-state index in [-0.39, 0.29) is 24.4 Å². The monoisotopic (exact) mass is 303 g/mol. The summed E-state index contributed by atoms with van der Waals surface area (Å²) in [7, 11) is 3.41. The second-order valence-electron chi connectivity index (χ2n) is 4.77. The number of piperazine rings is 1. The van der Waals surface area contributed by atoms with Crippen LogP contribution < -0.4 is 0 Å². The highest BCUT2D eigenvalue weighted by molar-refractivity contribution is 6.41. The quantitative estimate of drug-likeness (QED) is 0.792. The van der Waals surface area contributed by atoms with E-state index in [0.29, 0.717) is 22.4 Å². The number of hydrogen-bond donors (Lipinski definition) is 0. The molecule has 0 saturated carbocycles. The lowest BCUT2D eigenvalue weighted by Crippen LogP contribution is -2.55. The molecule has 104 valence electrons. The summed E-state index contributed by atoms with van der Waals surface area (Å²) in [5.74, 6) is -0.303. The maximum absolute atomic E-state index is 12.4. The number of carbonyl (C=O) groups is 2. The van der Waals surface area contributed by atoms with Crippen LogP contribution in [0.25, 0.3) is 0 Å². The Labute approximate surface area is 121 Å². The molecule has 5 nitrogen and oxygen atoms in total. The Hall–Kier alpha value is -1.20. The van der Waals surface area contributed by atoms with Crippen molar-refractivity contribution in [1.82, 2.24) is 14.4 Å². The van der Waals surface area contributed by atoms with Crippen LogP contribution in [-0.4, -0.2) is 52.4 Å². The molecule has 0 radical (unpaired) electrons. The van der Waals surface area contributed by atoms with Crippen molar-refractivity contribution in [3.05, 3.63) is 21.9 Å². The van der Waals surface area contributed by atoms with Crippen molar-refractivity contribution in [2.24, 2.45) is 7.05 Å². The topological polar surface area (TPSA) is 45.6 Å². The number of rotatable bonds is 1. The minimum atomic E-state index is -0.232. The molecule has 1 aliphatic heterocycles. The van der Waals surface area contributed by atoms with Crippen LogP contribution in [0.2, 0.25) is 10.2 Å². The lowest BCUT2D eigenvalue weighted by atomic mass is 10.2. The number of carbonyl (C=O) groups excluding carboxylic acids is 2. The average Bonchev–Trinajstić information content (AvgIpc) is 2.62. The molecule has 1 atom stereocenters. The van der Waals surface area contributed by atoms with Crippen LogP contribution in [0.15, 0.2) is 6.07 Å². The molecule has 19 heavy (non-hydrogen) atoms. The van der Waals surface area contributed by atoms with Gasteiger partial charge in [-0.15, -0.1) is 0 Å². The smallest absolute Gasteiger partial charge is 0.271 e. The fourth-order valence-electron chi connectivity index (χ4n) is 2.09. The van der Waals surface area contributed by atoms with Crippen molar-refractivity contribution in [3.63, 3.8) is 0 Å². The van der Waals surface area contributed by atoms with Crippen molar-refractivity contribution in [2.75, 3.05) is 20.1 Å². The van der Waals surface area contributed by atoms with Gasteiger partial charge in [0.2, 0.25) is 5.91 Å². The van der Waals surface area contributed by atoms with Crippen molar-refractivity contribution in [1.29, 1.82) is 0 Å². The Bertz CT molecular complexity index is 541. The predicted molar refractivity (Wildman–Crippen MR) is 73.6 cm³/mol.